The topological polar surface area (TPSA) is 3.24 Å². The van der Waals surface area contributed by atoms with Crippen LogP contribution in [0.1, 0.15) is 28.2 Å². The molecule has 1 nitrogen and oxygen atoms in total. The van der Waals surface area contributed by atoms with Gasteiger partial charge in [-0.15, -0.1) is 0 Å². The maximum absolute atomic E-state index is 2.19. The van der Waals surface area contributed by atoms with Crippen LogP contribution in [0.15, 0.2) is 0 Å². The smallest absolute Gasteiger partial charge is 0.0118 e. The first-order chi connectivity index (χ1) is 2.94. The molecule has 0 saturated heterocycles. The van der Waals surface area contributed by atoms with E-state index >= 15 is 0 Å². The average Bonchev–Trinajstić information content (AvgIpc) is 1.31. The highest BCUT2D eigenvalue weighted by molar-refractivity contribution is 5.75. The second-order valence-corrected chi connectivity index (χ2v) is 3.07. The zero-order chi connectivity index (χ0) is 6.08. The van der Waals surface area contributed by atoms with Crippen LogP contribution < -0.4 is 0 Å². The molecule has 0 amide bonds. The van der Waals surface area contributed by atoms with Crippen molar-refractivity contribution in [1.29, 1.82) is 0 Å². The van der Waals surface area contributed by atoms with Gasteiger partial charge in [0.1, 0.15) is 0 Å². The van der Waals surface area contributed by atoms with Crippen molar-refractivity contribution in [2.24, 2.45) is 0 Å². The SMILES string of the molecule is C.CN(C)C(C)(C)C.[B]. The molecule has 0 aromatic carbocycles. The van der Waals surface area contributed by atoms with Crippen LogP contribution in [-0.4, -0.2) is 32.9 Å². The van der Waals surface area contributed by atoms with Gasteiger partial charge in [-0.3, -0.25) is 0 Å². The molecule has 0 N–H and O–H groups in total. The first-order valence-corrected chi connectivity index (χ1v) is 2.62. The lowest BCUT2D eigenvalue weighted by Crippen LogP contribution is -2.34. The maximum atomic E-state index is 2.19. The third-order valence-electron chi connectivity index (χ3n) is 1.34. The fraction of sp³-hybridized carbons (Fsp3) is 1.00. The molecule has 0 aliphatic heterocycles. The van der Waals surface area contributed by atoms with Crippen LogP contribution >= 0.6 is 0 Å². The summed E-state index contributed by atoms with van der Waals surface area (Å²) in [5.74, 6) is 0. The van der Waals surface area contributed by atoms with E-state index < -0.39 is 0 Å². The standard InChI is InChI=1S/C6H15N.CH4.B/c1-6(2,3)7(4)5;;/h1-5H3;1H4;. The third-order valence-corrected chi connectivity index (χ3v) is 1.34. The number of nitrogens with zero attached hydrogens (tertiary/aromatic N) is 1. The second kappa shape index (κ2) is 4.86. The Morgan fingerprint density at radius 3 is 1.11 bits per heavy atom. The molecule has 0 spiro atoms. The predicted molar refractivity (Wildman–Crippen MR) is 45.9 cm³/mol. The molecule has 0 aliphatic rings. The Bertz CT molecular complexity index is 54.4. The van der Waals surface area contributed by atoms with Crippen molar-refractivity contribution in [2.45, 2.75) is 33.7 Å². The van der Waals surface area contributed by atoms with Crippen LogP contribution in [0, 0.1) is 0 Å². The van der Waals surface area contributed by atoms with Crippen molar-refractivity contribution >= 4 is 8.41 Å². The zero-order valence-corrected chi connectivity index (χ0v) is 6.52. The van der Waals surface area contributed by atoms with Crippen molar-refractivity contribution in [3.05, 3.63) is 0 Å². The number of hydrogen-bond donors (Lipinski definition) is 0. The van der Waals surface area contributed by atoms with Crippen LogP contribution in [0.3, 0.4) is 0 Å². The second-order valence-electron chi connectivity index (χ2n) is 3.07. The summed E-state index contributed by atoms with van der Waals surface area (Å²) in [6, 6.07) is 0. The highest BCUT2D eigenvalue weighted by Gasteiger charge is 2.10. The van der Waals surface area contributed by atoms with E-state index in [9.17, 15) is 0 Å². The highest BCUT2D eigenvalue weighted by Crippen LogP contribution is 2.05. The molecule has 0 aromatic heterocycles. The molecular weight excluding hydrogens is 109 g/mol. The van der Waals surface area contributed by atoms with E-state index in [-0.39, 0.29) is 15.8 Å². The Morgan fingerprint density at radius 2 is 1.11 bits per heavy atom. The third kappa shape index (κ3) is 8.02. The molecule has 0 bridgehead atoms. The largest absolute Gasteiger partial charge is 0.305 e. The van der Waals surface area contributed by atoms with Crippen LogP contribution in [0.5, 0.6) is 0 Å². The minimum absolute atomic E-state index is 0. The summed E-state index contributed by atoms with van der Waals surface area (Å²) in [5.41, 5.74) is 0.333. The summed E-state index contributed by atoms with van der Waals surface area (Å²) in [6.07, 6.45) is 0. The lowest BCUT2D eigenvalue weighted by atomic mass is 10.1. The van der Waals surface area contributed by atoms with Gasteiger partial charge in [0.05, 0.1) is 0 Å². The molecule has 9 heavy (non-hydrogen) atoms. The summed E-state index contributed by atoms with van der Waals surface area (Å²) in [5, 5.41) is 0. The van der Waals surface area contributed by atoms with Gasteiger partial charge in [-0.25, -0.2) is 0 Å². The molecule has 0 aromatic rings. The van der Waals surface area contributed by atoms with Crippen LogP contribution in [0.25, 0.3) is 0 Å². The summed E-state index contributed by atoms with van der Waals surface area (Å²) in [4.78, 5) is 2.19. The lowest BCUT2D eigenvalue weighted by molar-refractivity contribution is 0.219. The van der Waals surface area contributed by atoms with Crippen molar-refractivity contribution in [3.63, 3.8) is 0 Å². The van der Waals surface area contributed by atoms with Gasteiger partial charge in [-0.05, 0) is 34.9 Å². The summed E-state index contributed by atoms with van der Waals surface area (Å²) >= 11 is 0. The van der Waals surface area contributed by atoms with Gasteiger partial charge in [0, 0.05) is 14.0 Å². The van der Waals surface area contributed by atoms with E-state index in [1.54, 1.807) is 0 Å². The molecular formula is C7H19BN. The molecule has 0 aliphatic carbocycles. The molecule has 3 radical (unpaired) electrons. The van der Waals surface area contributed by atoms with Crippen molar-refractivity contribution < 1.29 is 0 Å². The van der Waals surface area contributed by atoms with Gasteiger partial charge in [0.25, 0.3) is 0 Å². The summed E-state index contributed by atoms with van der Waals surface area (Å²) in [6.45, 7) is 6.56. The number of hydrogen-bond acceptors (Lipinski definition) is 1. The molecule has 0 unspecified atom stereocenters. The first-order valence-electron chi connectivity index (χ1n) is 2.62. The minimum Gasteiger partial charge on any atom is -0.305 e. The van der Waals surface area contributed by atoms with Crippen LogP contribution in [-0.2, 0) is 0 Å². The van der Waals surface area contributed by atoms with Gasteiger partial charge in [-0.2, -0.15) is 0 Å². The van der Waals surface area contributed by atoms with E-state index in [1.165, 1.54) is 0 Å². The van der Waals surface area contributed by atoms with Gasteiger partial charge < -0.3 is 4.90 Å². The Kier molecular flexibility index (Phi) is 8.65. The molecule has 0 atom stereocenters. The van der Waals surface area contributed by atoms with E-state index in [2.05, 4.69) is 39.8 Å². The molecule has 2 heteroatoms. The highest BCUT2D eigenvalue weighted by atomic mass is 15.1. The van der Waals surface area contributed by atoms with Gasteiger partial charge >= 0.3 is 0 Å². The monoisotopic (exact) mass is 128 g/mol. The van der Waals surface area contributed by atoms with Gasteiger partial charge in [-0.1, -0.05) is 7.43 Å². The van der Waals surface area contributed by atoms with Crippen LogP contribution in [0.4, 0.5) is 0 Å². The van der Waals surface area contributed by atoms with Gasteiger partial charge in [0.2, 0.25) is 0 Å². The van der Waals surface area contributed by atoms with Crippen molar-refractivity contribution in [1.82, 2.24) is 4.90 Å². The molecule has 0 heterocycles. The minimum atomic E-state index is 0. The molecule has 55 valence electrons. The van der Waals surface area contributed by atoms with Gasteiger partial charge in [0.15, 0.2) is 0 Å². The quantitative estimate of drug-likeness (QED) is 0.448. The Labute approximate surface area is 62.0 Å². The maximum Gasteiger partial charge on any atom is 0.0118 e. The zero-order valence-electron chi connectivity index (χ0n) is 6.52. The summed E-state index contributed by atoms with van der Waals surface area (Å²) < 4.78 is 0. The summed E-state index contributed by atoms with van der Waals surface area (Å²) in [7, 11) is 4.17. The van der Waals surface area contributed by atoms with E-state index in [4.69, 9.17) is 0 Å². The first kappa shape index (κ1) is 16.0. The number of rotatable bonds is 0. The lowest BCUT2D eigenvalue weighted by Gasteiger charge is -2.27. The molecule has 0 saturated carbocycles. The van der Waals surface area contributed by atoms with E-state index in [0.29, 0.717) is 5.54 Å². The molecule has 0 fully saturated rings. The van der Waals surface area contributed by atoms with E-state index in [0.717, 1.165) is 0 Å². The van der Waals surface area contributed by atoms with Crippen molar-refractivity contribution in [2.75, 3.05) is 14.1 Å². The normalized spacial score (nSPS) is 10.0. The van der Waals surface area contributed by atoms with Crippen LogP contribution in [0.2, 0.25) is 0 Å². The fourth-order valence-corrected chi connectivity index (χ4v) is 0. The Hall–Kier alpha value is 0.0249. The van der Waals surface area contributed by atoms with Crippen molar-refractivity contribution in [3.8, 4) is 0 Å². The predicted octanol–water partition coefficient (Wildman–Crippen LogP) is 1.60. The van der Waals surface area contributed by atoms with E-state index in [1.807, 2.05) is 0 Å². The average molecular weight is 128 g/mol. The molecule has 0 rings (SSSR count). The fourth-order valence-electron chi connectivity index (χ4n) is 0. The Morgan fingerprint density at radius 1 is 1.00 bits per heavy atom. The Balaban J connectivity index is -0.000000180.